The lowest BCUT2D eigenvalue weighted by Gasteiger charge is -2.10. The Morgan fingerprint density at radius 1 is 1.24 bits per heavy atom. The Hall–Kier alpha value is -2.57. The molecule has 4 nitrogen and oxygen atoms in total. The van der Waals surface area contributed by atoms with Crippen molar-refractivity contribution in [2.75, 3.05) is 5.32 Å². The largest absolute Gasteiger partial charge is 0.503 e. The molecule has 0 unspecified atom stereocenters. The Morgan fingerprint density at radius 2 is 1.95 bits per heavy atom. The van der Waals surface area contributed by atoms with Crippen LogP contribution in [0.3, 0.4) is 0 Å². The highest BCUT2D eigenvalue weighted by Gasteiger charge is 2.24. The maximum Gasteiger partial charge on any atom is 0.293 e. The van der Waals surface area contributed by atoms with Crippen LogP contribution in [0.15, 0.2) is 36.7 Å². The van der Waals surface area contributed by atoms with Crippen LogP contribution in [0.1, 0.15) is 13.0 Å². The standard InChI is InChI=1S/C14H11F3N2O2/c1-8(19-6-2-3-9(20)7-19)14(21)18-11-5-4-10(15)12(16)13(11)17/h2-8H,1H3,(H-,18,20,21)/p+1/t8-/m1/s1. The third kappa shape index (κ3) is 3.13. The number of carbonyl (C=O) groups is 1. The predicted octanol–water partition coefficient (Wildman–Crippen LogP) is 2.30. The summed E-state index contributed by atoms with van der Waals surface area (Å²) >= 11 is 0. The van der Waals surface area contributed by atoms with Gasteiger partial charge in [-0.15, -0.1) is 0 Å². The van der Waals surface area contributed by atoms with Gasteiger partial charge in [0.1, 0.15) is 0 Å². The summed E-state index contributed by atoms with van der Waals surface area (Å²) in [7, 11) is 0. The summed E-state index contributed by atoms with van der Waals surface area (Å²) in [5.74, 6) is -5.13. The van der Waals surface area contributed by atoms with Crippen LogP contribution < -0.4 is 9.88 Å². The molecule has 0 saturated carbocycles. The molecule has 2 aromatic rings. The number of benzene rings is 1. The summed E-state index contributed by atoms with van der Waals surface area (Å²) in [6.45, 7) is 1.51. The molecule has 0 spiro atoms. The fourth-order valence-electron chi connectivity index (χ4n) is 1.72. The van der Waals surface area contributed by atoms with Gasteiger partial charge in [0.25, 0.3) is 5.91 Å². The van der Waals surface area contributed by atoms with E-state index in [1.54, 1.807) is 0 Å². The monoisotopic (exact) mass is 297 g/mol. The van der Waals surface area contributed by atoms with Gasteiger partial charge in [0.05, 0.1) is 5.69 Å². The SMILES string of the molecule is C[C@H](C(=O)Nc1ccc(F)c(F)c1F)[n+]1cccc(O)c1. The average molecular weight is 297 g/mol. The number of aromatic nitrogens is 1. The number of hydrogen-bond acceptors (Lipinski definition) is 2. The van der Waals surface area contributed by atoms with E-state index in [-0.39, 0.29) is 5.75 Å². The first-order valence-electron chi connectivity index (χ1n) is 6.04. The van der Waals surface area contributed by atoms with Crippen molar-refractivity contribution in [3.8, 4) is 5.75 Å². The van der Waals surface area contributed by atoms with Crippen molar-refractivity contribution < 1.29 is 27.6 Å². The summed E-state index contributed by atoms with van der Waals surface area (Å²) in [4.78, 5) is 12.0. The Bertz CT molecular complexity index is 692. The van der Waals surface area contributed by atoms with Crippen molar-refractivity contribution >= 4 is 11.6 Å². The minimum absolute atomic E-state index is 0.0452. The number of nitrogens with zero attached hydrogens (tertiary/aromatic N) is 1. The molecule has 0 aliphatic heterocycles. The fourth-order valence-corrected chi connectivity index (χ4v) is 1.72. The van der Waals surface area contributed by atoms with Gasteiger partial charge in [-0.3, -0.25) is 4.79 Å². The molecule has 2 rings (SSSR count). The van der Waals surface area contributed by atoms with E-state index in [1.807, 2.05) is 0 Å². The summed E-state index contributed by atoms with van der Waals surface area (Å²) in [5, 5.41) is 11.5. The van der Waals surface area contributed by atoms with Crippen LogP contribution in [0.4, 0.5) is 18.9 Å². The number of aromatic hydroxyl groups is 1. The van der Waals surface area contributed by atoms with E-state index in [0.717, 1.165) is 12.1 Å². The smallest absolute Gasteiger partial charge is 0.293 e. The number of anilines is 1. The number of rotatable bonds is 3. The van der Waals surface area contributed by atoms with Gasteiger partial charge in [-0.2, -0.15) is 4.57 Å². The van der Waals surface area contributed by atoms with E-state index in [1.165, 1.54) is 36.0 Å². The number of hydrogen-bond donors (Lipinski definition) is 2. The maximum absolute atomic E-state index is 13.5. The van der Waals surface area contributed by atoms with Crippen LogP contribution in [-0.4, -0.2) is 11.0 Å². The lowest BCUT2D eigenvalue weighted by atomic mass is 10.2. The third-order valence-corrected chi connectivity index (χ3v) is 2.93. The first-order chi connectivity index (χ1) is 9.90. The van der Waals surface area contributed by atoms with Gasteiger partial charge in [0, 0.05) is 13.0 Å². The number of nitrogens with one attached hydrogen (secondary N) is 1. The van der Waals surface area contributed by atoms with Crippen LogP contribution in [0.25, 0.3) is 0 Å². The van der Waals surface area contributed by atoms with Gasteiger partial charge >= 0.3 is 0 Å². The molecule has 0 aliphatic rings. The number of halogens is 3. The lowest BCUT2D eigenvalue weighted by Crippen LogP contribution is -2.44. The normalized spacial score (nSPS) is 12.0. The van der Waals surface area contributed by atoms with Crippen molar-refractivity contribution in [1.29, 1.82) is 0 Å². The van der Waals surface area contributed by atoms with Crippen molar-refractivity contribution in [2.45, 2.75) is 13.0 Å². The molecule has 21 heavy (non-hydrogen) atoms. The fraction of sp³-hybridized carbons (Fsp3) is 0.143. The van der Waals surface area contributed by atoms with Gasteiger partial charge < -0.3 is 10.4 Å². The topological polar surface area (TPSA) is 53.2 Å². The molecule has 0 aliphatic carbocycles. The van der Waals surface area contributed by atoms with Crippen molar-refractivity contribution in [3.63, 3.8) is 0 Å². The Balaban J connectivity index is 2.20. The van der Waals surface area contributed by atoms with Crippen molar-refractivity contribution in [2.24, 2.45) is 0 Å². The second-order valence-electron chi connectivity index (χ2n) is 4.40. The molecule has 0 bridgehead atoms. The van der Waals surface area contributed by atoms with Gasteiger partial charge in [-0.1, -0.05) is 0 Å². The Labute approximate surface area is 118 Å². The molecule has 1 aromatic heterocycles. The van der Waals surface area contributed by atoms with E-state index < -0.39 is 35.1 Å². The second kappa shape index (κ2) is 5.82. The molecular weight excluding hydrogens is 285 g/mol. The Morgan fingerprint density at radius 3 is 2.62 bits per heavy atom. The average Bonchev–Trinajstić information content (AvgIpc) is 2.47. The molecule has 0 radical (unpaired) electrons. The highest BCUT2D eigenvalue weighted by molar-refractivity contribution is 5.92. The molecule has 0 fully saturated rings. The van der Waals surface area contributed by atoms with Crippen LogP contribution in [0, 0.1) is 17.5 Å². The zero-order valence-corrected chi connectivity index (χ0v) is 11.0. The number of pyridine rings is 1. The molecule has 2 N–H and O–H groups in total. The van der Waals surface area contributed by atoms with Crippen LogP contribution in [0.2, 0.25) is 0 Å². The summed E-state index contributed by atoms with van der Waals surface area (Å²) in [6, 6.07) is 3.82. The lowest BCUT2D eigenvalue weighted by molar-refractivity contribution is -0.705. The van der Waals surface area contributed by atoms with Gasteiger partial charge in [0.2, 0.25) is 12.2 Å². The minimum atomic E-state index is -1.65. The molecule has 1 atom stereocenters. The van der Waals surface area contributed by atoms with Gasteiger partial charge in [-0.05, 0) is 18.2 Å². The minimum Gasteiger partial charge on any atom is -0.503 e. The predicted molar refractivity (Wildman–Crippen MR) is 68.0 cm³/mol. The van der Waals surface area contributed by atoms with Crippen molar-refractivity contribution in [3.05, 3.63) is 54.1 Å². The van der Waals surface area contributed by atoms with E-state index in [4.69, 9.17) is 0 Å². The van der Waals surface area contributed by atoms with Gasteiger partial charge in [0.15, 0.2) is 29.4 Å². The molecular formula is C14H12F3N2O2+. The third-order valence-electron chi connectivity index (χ3n) is 2.93. The first-order valence-corrected chi connectivity index (χ1v) is 6.04. The van der Waals surface area contributed by atoms with Crippen molar-refractivity contribution in [1.82, 2.24) is 0 Å². The molecule has 7 heteroatoms. The number of carbonyl (C=O) groups excluding carboxylic acids is 1. The zero-order valence-electron chi connectivity index (χ0n) is 11.0. The molecule has 0 saturated heterocycles. The van der Waals surface area contributed by atoms with E-state index >= 15 is 0 Å². The Kier molecular flexibility index (Phi) is 4.11. The van der Waals surface area contributed by atoms with Crippen LogP contribution in [-0.2, 0) is 4.79 Å². The summed E-state index contributed by atoms with van der Waals surface area (Å²) < 4.78 is 40.8. The highest BCUT2D eigenvalue weighted by atomic mass is 19.2. The van der Waals surface area contributed by atoms with Gasteiger partial charge in [-0.25, -0.2) is 13.2 Å². The van der Waals surface area contributed by atoms with E-state index in [0.29, 0.717) is 0 Å². The molecule has 1 heterocycles. The maximum atomic E-state index is 13.5. The highest BCUT2D eigenvalue weighted by Crippen LogP contribution is 2.20. The molecule has 1 amide bonds. The van der Waals surface area contributed by atoms with E-state index in [2.05, 4.69) is 5.32 Å². The van der Waals surface area contributed by atoms with E-state index in [9.17, 15) is 23.1 Å². The second-order valence-corrected chi connectivity index (χ2v) is 4.40. The number of amides is 1. The van der Waals surface area contributed by atoms with Crippen LogP contribution in [0.5, 0.6) is 5.75 Å². The zero-order chi connectivity index (χ0) is 15.6. The summed E-state index contributed by atoms with van der Waals surface area (Å²) in [5.41, 5.74) is -0.452. The quantitative estimate of drug-likeness (QED) is 0.674. The first kappa shape index (κ1) is 14.8. The summed E-state index contributed by atoms with van der Waals surface area (Å²) in [6.07, 6.45) is 2.84. The molecule has 1 aromatic carbocycles. The molecule has 110 valence electrons. The van der Waals surface area contributed by atoms with Crippen LogP contribution >= 0.6 is 0 Å².